The quantitative estimate of drug-likeness (QED) is 0.678. The van der Waals surface area contributed by atoms with E-state index >= 15 is 0 Å². The van der Waals surface area contributed by atoms with Crippen LogP contribution in [0.15, 0.2) is 29.2 Å². The minimum atomic E-state index is -3.64. The lowest BCUT2D eigenvalue weighted by Gasteiger charge is -2.42. The third kappa shape index (κ3) is 4.40. The summed E-state index contributed by atoms with van der Waals surface area (Å²) in [6.07, 6.45) is 1.18. The molecule has 1 saturated carbocycles. The number of ketones is 1. The average molecular weight is 354 g/mol. The second kappa shape index (κ2) is 7.42. The van der Waals surface area contributed by atoms with Gasteiger partial charge in [0.2, 0.25) is 10.0 Å². The molecule has 0 saturated heterocycles. The van der Waals surface area contributed by atoms with Crippen molar-refractivity contribution in [1.29, 1.82) is 0 Å². The molecule has 0 aliphatic heterocycles. The number of rotatable bonds is 8. The second-order valence-electron chi connectivity index (χ2n) is 5.98. The number of carbonyl (C=O) groups is 2. The van der Waals surface area contributed by atoms with Crippen LogP contribution in [0.25, 0.3) is 0 Å². The monoisotopic (exact) mass is 354 g/mol. The van der Waals surface area contributed by atoms with Gasteiger partial charge in [-0.3, -0.25) is 14.5 Å². The molecule has 1 fully saturated rings. The zero-order valence-corrected chi connectivity index (χ0v) is 14.5. The van der Waals surface area contributed by atoms with E-state index in [2.05, 4.69) is 4.72 Å². The van der Waals surface area contributed by atoms with E-state index in [0.717, 1.165) is 0 Å². The van der Waals surface area contributed by atoms with Gasteiger partial charge in [0.05, 0.1) is 11.4 Å². The molecule has 0 radical (unpaired) electrons. The van der Waals surface area contributed by atoms with Crippen molar-refractivity contribution in [2.75, 3.05) is 13.1 Å². The van der Waals surface area contributed by atoms with Gasteiger partial charge in [0, 0.05) is 17.6 Å². The zero-order valence-electron chi connectivity index (χ0n) is 13.7. The van der Waals surface area contributed by atoms with Crippen LogP contribution in [0.1, 0.15) is 37.0 Å². The standard InChI is InChI=1S/C16H22N2O5S/c1-3-18(10-16(20)21)14-8-13(9-14)17-24(22,23)15-6-4-12(5-7-15)11(2)19/h4-7,13-14,17H,3,8-10H2,1-2H3,(H,20,21). The molecular formula is C16H22N2O5S. The fourth-order valence-electron chi connectivity index (χ4n) is 2.81. The number of carboxylic acids is 1. The number of likely N-dealkylation sites (N-methyl/N-ethyl adjacent to an activating group) is 1. The van der Waals surface area contributed by atoms with Crippen molar-refractivity contribution in [3.8, 4) is 0 Å². The molecule has 0 aromatic heterocycles. The average Bonchev–Trinajstić information content (AvgIpc) is 2.48. The summed E-state index contributed by atoms with van der Waals surface area (Å²) in [6, 6.07) is 5.70. The van der Waals surface area contributed by atoms with Gasteiger partial charge in [0.25, 0.3) is 0 Å². The minimum absolute atomic E-state index is 0.0346. The summed E-state index contributed by atoms with van der Waals surface area (Å²) in [5.74, 6) is -1.00. The highest BCUT2D eigenvalue weighted by Crippen LogP contribution is 2.27. The zero-order chi connectivity index (χ0) is 17.9. The molecule has 24 heavy (non-hydrogen) atoms. The van der Waals surface area contributed by atoms with E-state index in [0.29, 0.717) is 24.9 Å². The second-order valence-corrected chi connectivity index (χ2v) is 7.69. The van der Waals surface area contributed by atoms with Crippen LogP contribution in [0.5, 0.6) is 0 Å². The van der Waals surface area contributed by atoms with Crippen molar-refractivity contribution >= 4 is 21.8 Å². The topological polar surface area (TPSA) is 104 Å². The maximum absolute atomic E-state index is 12.3. The van der Waals surface area contributed by atoms with Gasteiger partial charge in [-0.05, 0) is 38.4 Å². The van der Waals surface area contributed by atoms with Gasteiger partial charge in [0.1, 0.15) is 0 Å². The number of nitrogens with zero attached hydrogens (tertiary/aromatic N) is 1. The van der Waals surface area contributed by atoms with Crippen LogP contribution in [0, 0.1) is 0 Å². The first-order valence-corrected chi connectivity index (χ1v) is 9.30. The van der Waals surface area contributed by atoms with Crippen molar-refractivity contribution < 1.29 is 23.1 Å². The Kier molecular flexibility index (Phi) is 5.74. The summed E-state index contributed by atoms with van der Waals surface area (Å²) >= 11 is 0. The van der Waals surface area contributed by atoms with E-state index in [1.165, 1.54) is 31.2 Å². The molecule has 7 nitrogen and oxygen atoms in total. The number of benzene rings is 1. The van der Waals surface area contributed by atoms with E-state index < -0.39 is 16.0 Å². The van der Waals surface area contributed by atoms with Gasteiger partial charge in [-0.2, -0.15) is 0 Å². The normalized spacial score (nSPS) is 20.6. The van der Waals surface area contributed by atoms with Gasteiger partial charge in [-0.25, -0.2) is 13.1 Å². The highest BCUT2D eigenvalue weighted by molar-refractivity contribution is 7.89. The molecule has 0 atom stereocenters. The molecule has 0 heterocycles. The largest absolute Gasteiger partial charge is 0.480 e. The van der Waals surface area contributed by atoms with Crippen molar-refractivity contribution in [3.63, 3.8) is 0 Å². The minimum Gasteiger partial charge on any atom is -0.480 e. The third-order valence-electron chi connectivity index (χ3n) is 4.27. The lowest BCUT2D eigenvalue weighted by molar-refractivity contribution is -0.139. The lowest BCUT2D eigenvalue weighted by Crippen LogP contribution is -2.54. The fourth-order valence-corrected chi connectivity index (χ4v) is 4.07. The number of Topliss-reactive ketones (excluding diaryl/α,β-unsaturated/α-hetero) is 1. The number of carbonyl (C=O) groups excluding carboxylic acids is 1. The van der Waals surface area contributed by atoms with Crippen LogP contribution in [0.2, 0.25) is 0 Å². The Morgan fingerprint density at radius 3 is 2.29 bits per heavy atom. The summed E-state index contributed by atoms with van der Waals surface area (Å²) in [4.78, 5) is 24.0. The van der Waals surface area contributed by atoms with Gasteiger partial charge >= 0.3 is 5.97 Å². The molecule has 1 aromatic carbocycles. The molecule has 2 rings (SSSR count). The van der Waals surface area contributed by atoms with Crippen LogP contribution < -0.4 is 4.72 Å². The molecule has 0 spiro atoms. The molecule has 0 bridgehead atoms. The molecule has 8 heteroatoms. The van der Waals surface area contributed by atoms with Crippen LogP contribution >= 0.6 is 0 Å². The smallest absolute Gasteiger partial charge is 0.317 e. The Morgan fingerprint density at radius 2 is 1.83 bits per heavy atom. The summed E-state index contributed by atoms with van der Waals surface area (Å²) in [7, 11) is -3.64. The highest BCUT2D eigenvalue weighted by atomic mass is 32.2. The highest BCUT2D eigenvalue weighted by Gasteiger charge is 2.36. The van der Waals surface area contributed by atoms with Gasteiger partial charge in [-0.1, -0.05) is 19.1 Å². The Bertz CT molecular complexity index is 708. The van der Waals surface area contributed by atoms with E-state index in [-0.39, 0.29) is 29.3 Å². The summed E-state index contributed by atoms with van der Waals surface area (Å²) in [6.45, 7) is 3.89. The number of hydrogen-bond acceptors (Lipinski definition) is 5. The first-order chi connectivity index (χ1) is 11.2. The Balaban J connectivity index is 1.94. The molecule has 0 amide bonds. The summed E-state index contributed by atoms with van der Waals surface area (Å²) < 4.78 is 27.3. The molecule has 1 aromatic rings. The molecular weight excluding hydrogens is 332 g/mol. The molecule has 2 N–H and O–H groups in total. The number of carboxylic acid groups (broad SMARTS) is 1. The van der Waals surface area contributed by atoms with Gasteiger partial charge < -0.3 is 5.11 Å². The molecule has 1 aliphatic carbocycles. The van der Waals surface area contributed by atoms with Crippen LogP contribution in [-0.2, 0) is 14.8 Å². The lowest BCUT2D eigenvalue weighted by atomic mass is 9.86. The van der Waals surface area contributed by atoms with Crippen molar-refractivity contribution in [1.82, 2.24) is 9.62 Å². The van der Waals surface area contributed by atoms with Crippen molar-refractivity contribution in [2.45, 2.75) is 43.7 Å². The first kappa shape index (κ1) is 18.6. The number of sulfonamides is 1. The molecule has 1 aliphatic rings. The predicted molar refractivity (Wildman–Crippen MR) is 88.5 cm³/mol. The number of hydrogen-bond donors (Lipinski definition) is 2. The SMILES string of the molecule is CCN(CC(=O)O)C1CC(NS(=O)(=O)c2ccc(C(C)=O)cc2)C1. The maximum Gasteiger partial charge on any atom is 0.317 e. The Morgan fingerprint density at radius 1 is 1.25 bits per heavy atom. The van der Waals surface area contributed by atoms with E-state index in [1.54, 1.807) is 0 Å². The van der Waals surface area contributed by atoms with E-state index in [9.17, 15) is 18.0 Å². The van der Waals surface area contributed by atoms with Crippen LogP contribution in [-0.4, -0.2) is 55.3 Å². The van der Waals surface area contributed by atoms with Crippen molar-refractivity contribution in [3.05, 3.63) is 29.8 Å². The summed E-state index contributed by atoms with van der Waals surface area (Å²) in [5, 5.41) is 8.87. The number of nitrogens with one attached hydrogen (secondary N) is 1. The first-order valence-electron chi connectivity index (χ1n) is 7.82. The number of aliphatic carboxylic acids is 1. The van der Waals surface area contributed by atoms with E-state index in [1.807, 2.05) is 11.8 Å². The van der Waals surface area contributed by atoms with Crippen LogP contribution in [0.3, 0.4) is 0 Å². The maximum atomic E-state index is 12.3. The molecule has 132 valence electrons. The van der Waals surface area contributed by atoms with Crippen LogP contribution in [0.4, 0.5) is 0 Å². The van der Waals surface area contributed by atoms with E-state index in [4.69, 9.17) is 5.11 Å². The Labute approximate surface area is 141 Å². The van der Waals surface area contributed by atoms with Gasteiger partial charge in [0.15, 0.2) is 5.78 Å². The third-order valence-corrected chi connectivity index (χ3v) is 5.80. The van der Waals surface area contributed by atoms with Crippen molar-refractivity contribution in [2.24, 2.45) is 0 Å². The fraction of sp³-hybridized carbons (Fsp3) is 0.500. The van der Waals surface area contributed by atoms with Gasteiger partial charge in [-0.15, -0.1) is 0 Å². The summed E-state index contributed by atoms with van der Waals surface area (Å²) in [5.41, 5.74) is 0.463. The Hall–Kier alpha value is -1.77. The molecule has 0 unspecified atom stereocenters. The predicted octanol–water partition coefficient (Wildman–Crippen LogP) is 1.11.